The van der Waals surface area contributed by atoms with Crippen molar-refractivity contribution in [3.05, 3.63) is 63.6 Å². The first-order chi connectivity index (χ1) is 9.54. The molecule has 104 valence electrons. The third-order valence-corrected chi connectivity index (χ3v) is 4.24. The van der Waals surface area contributed by atoms with Crippen molar-refractivity contribution in [2.45, 2.75) is 20.8 Å². The summed E-state index contributed by atoms with van der Waals surface area (Å²) in [4.78, 5) is 14.5. The Kier molecular flexibility index (Phi) is 4.61. The molecule has 0 aliphatic carbocycles. The van der Waals surface area contributed by atoms with Crippen LogP contribution in [0.2, 0.25) is 0 Å². The summed E-state index contributed by atoms with van der Waals surface area (Å²) in [6.07, 6.45) is 0. The molecule has 0 atom stereocenters. The largest absolute Gasteiger partial charge is 0.308 e. The van der Waals surface area contributed by atoms with E-state index in [0.29, 0.717) is 12.1 Å². The fourth-order valence-electron chi connectivity index (χ4n) is 2.17. The van der Waals surface area contributed by atoms with E-state index in [4.69, 9.17) is 0 Å². The molecule has 0 N–H and O–H groups in total. The average molecular weight is 332 g/mol. The Morgan fingerprint density at radius 2 is 1.80 bits per heavy atom. The van der Waals surface area contributed by atoms with Gasteiger partial charge in [-0.15, -0.1) is 0 Å². The van der Waals surface area contributed by atoms with Gasteiger partial charge in [-0.25, -0.2) is 0 Å². The number of aryl methyl sites for hydroxylation is 2. The van der Waals surface area contributed by atoms with Crippen LogP contribution in [-0.4, -0.2) is 12.5 Å². The van der Waals surface area contributed by atoms with Gasteiger partial charge in [-0.2, -0.15) is 0 Å². The van der Waals surface area contributed by atoms with Gasteiger partial charge < -0.3 is 4.90 Å². The standard InChI is InChI=1S/C17H18BrNO/c1-4-19(16-8-6-5-7-13(16)3)17(20)14-10-9-12(2)15(18)11-14/h5-11H,4H2,1-3H3. The highest BCUT2D eigenvalue weighted by molar-refractivity contribution is 9.10. The van der Waals surface area contributed by atoms with Gasteiger partial charge in [0, 0.05) is 22.3 Å². The second-order valence-electron chi connectivity index (χ2n) is 4.80. The fourth-order valence-corrected chi connectivity index (χ4v) is 2.55. The number of nitrogens with zero attached hydrogens (tertiary/aromatic N) is 1. The molecule has 2 aromatic carbocycles. The third kappa shape index (κ3) is 2.93. The second-order valence-corrected chi connectivity index (χ2v) is 5.65. The molecule has 0 bridgehead atoms. The first-order valence-corrected chi connectivity index (χ1v) is 7.47. The van der Waals surface area contributed by atoms with Crippen LogP contribution in [-0.2, 0) is 0 Å². The SMILES string of the molecule is CCN(C(=O)c1ccc(C)c(Br)c1)c1ccccc1C. The molecule has 0 heterocycles. The molecule has 0 aliphatic rings. The zero-order chi connectivity index (χ0) is 14.7. The van der Waals surface area contributed by atoms with Gasteiger partial charge in [0.25, 0.3) is 5.91 Å². The first-order valence-electron chi connectivity index (χ1n) is 6.68. The topological polar surface area (TPSA) is 20.3 Å². The van der Waals surface area contributed by atoms with Crippen molar-refractivity contribution < 1.29 is 4.79 Å². The number of rotatable bonds is 3. The van der Waals surface area contributed by atoms with Gasteiger partial charge in [-0.3, -0.25) is 4.79 Å². The van der Waals surface area contributed by atoms with Gasteiger partial charge in [0.15, 0.2) is 0 Å². The quantitative estimate of drug-likeness (QED) is 0.795. The third-order valence-electron chi connectivity index (χ3n) is 3.39. The Balaban J connectivity index is 2.39. The van der Waals surface area contributed by atoms with Crippen LogP contribution in [0.5, 0.6) is 0 Å². The average Bonchev–Trinajstić information content (AvgIpc) is 2.44. The summed E-state index contributed by atoms with van der Waals surface area (Å²) < 4.78 is 0.962. The minimum Gasteiger partial charge on any atom is -0.308 e. The van der Waals surface area contributed by atoms with Gasteiger partial charge in [-0.1, -0.05) is 40.2 Å². The zero-order valence-corrected chi connectivity index (χ0v) is 13.6. The number of benzene rings is 2. The van der Waals surface area contributed by atoms with Crippen LogP contribution >= 0.6 is 15.9 Å². The summed E-state index contributed by atoms with van der Waals surface area (Å²) in [6, 6.07) is 13.7. The van der Waals surface area contributed by atoms with E-state index in [-0.39, 0.29) is 5.91 Å². The summed E-state index contributed by atoms with van der Waals surface area (Å²) in [7, 11) is 0. The van der Waals surface area contributed by atoms with Crippen molar-refractivity contribution >= 4 is 27.5 Å². The van der Waals surface area contributed by atoms with Crippen molar-refractivity contribution in [2.75, 3.05) is 11.4 Å². The van der Waals surface area contributed by atoms with Gasteiger partial charge in [0.1, 0.15) is 0 Å². The van der Waals surface area contributed by atoms with Gasteiger partial charge in [0.05, 0.1) is 0 Å². The van der Waals surface area contributed by atoms with E-state index in [1.165, 1.54) is 0 Å². The molecular formula is C17H18BrNO. The summed E-state index contributed by atoms with van der Waals surface area (Å²) >= 11 is 3.49. The highest BCUT2D eigenvalue weighted by Crippen LogP contribution is 2.23. The maximum absolute atomic E-state index is 12.7. The van der Waals surface area contributed by atoms with Crippen LogP contribution in [0.3, 0.4) is 0 Å². The lowest BCUT2D eigenvalue weighted by Gasteiger charge is -2.23. The second kappa shape index (κ2) is 6.23. The maximum Gasteiger partial charge on any atom is 0.258 e. The normalized spacial score (nSPS) is 10.4. The highest BCUT2D eigenvalue weighted by atomic mass is 79.9. The van der Waals surface area contributed by atoms with E-state index in [1.54, 1.807) is 0 Å². The molecule has 0 fully saturated rings. The lowest BCUT2D eigenvalue weighted by molar-refractivity contribution is 0.0988. The molecule has 0 unspecified atom stereocenters. The Hall–Kier alpha value is -1.61. The van der Waals surface area contributed by atoms with E-state index < -0.39 is 0 Å². The van der Waals surface area contributed by atoms with Crippen LogP contribution in [0.4, 0.5) is 5.69 Å². The Labute approximate surface area is 128 Å². The van der Waals surface area contributed by atoms with E-state index in [2.05, 4.69) is 15.9 Å². The van der Waals surface area contributed by atoms with Crippen LogP contribution in [0.1, 0.15) is 28.4 Å². The molecular weight excluding hydrogens is 314 g/mol. The Bertz CT molecular complexity index is 637. The monoisotopic (exact) mass is 331 g/mol. The molecule has 0 spiro atoms. The molecule has 2 aromatic rings. The number of hydrogen-bond acceptors (Lipinski definition) is 1. The van der Waals surface area contributed by atoms with Crippen molar-refractivity contribution in [3.63, 3.8) is 0 Å². The van der Waals surface area contributed by atoms with Crippen LogP contribution < -0.4 is 4.90 Å². The Morgan fingerprint density at radius 3 is 2.40 bits per heavy atom. The molecule has 20 heavy (non-hydrogen) atoms. The van der Waals surface area contributed by atoms with Crippen molar-refractivity contribution in [3.8, 4) is 0 Å². The molecule has 0 saturated carbocycles. The molecule has 0 saturated heterocycles. The zero-order valence-electron chi connectivity index (χ0n) is 12.0. The molecule has 2 rings (SSSR count). The summed E-state index contributed by atoms with van der Waals surface area (Å²) in [5.41, 5.74) is 3.90. The fraction of sp³-hybridized carbons (Fsp3) is 0.235. The predicted molar refractivity (Wildman–Crippen MR) is 87.4 cm³/mol. The minimum absolute atomic E-state index is 0.0301. The highest BCUT2D eigenvalue weighted by Gasteiger charge is 2.17. The van der Waals surface area contributed by atoms with Crippen molar-refractivity contribution in [1.82, 2.24) is 0 Å². The number of anilines is 1. The predicted octanol–water partition coefficient (Wildman–Crippen LogP) is 4.73. The van der Waals surface area contributed by atoms with Crippen molar-refractivity contribution in [2.24, 2.45) is 0 Å². The number of hydrogen-bond donors (Lipinski definition) is 0. The van der Waals surface area contributed by atoms with Crippen molar-refractivity contribution in [1.29, 1.82) is 0 Å². The molecule has 1 amide bonds. The van der Waals surface area contributed by atoms with Crippen LogP contribution in [0, 0.1) is 13.8 Å². The number of amides is 1. The molecule has 0 radical (unpaired) electrons. The lowest BCUT2D eigenvalue weighted by atomic mass is 10.1. The van der Waals surface area contributed by atoms with Gasteiger partial charge in [0.2, 0.25) is 0 Å². The Morgan fingerprint density at radius 1 is 1.10 bits per heavy atom. The van der Waals surface area contributed by atoms with E-state index in [9.17, 15) is 4.79 Å². The molecule has 2 nitrogen and oxygen atoms in total. The number of para-hydroxylation sites is 1. The molecule has 0 aromatic heterocycles. The van der Waals surface area contributed by atoms with Crippen LogP contribution in [0.15, 0.2) is 46.9 Å². The maximum atomic E-state index is 12.7. The lowest BCUT2D eigenvalue weighted by Crippen LogP contribution is -2.31. The van der Waals surface area contributed by atoms with E-state index in [0.717, 1.165) is 21.3 Å². The van der Waals surface area contributed by atoms with E-state index >= 15 is 0 Å². The number of carbonyl (C=O) groups excluding carboxylic acids is 1. The van der Waals surface area contributed by atoms with Gasteiger partial charge >= 0.3 is 0 Å². The number of carbonyl (C=O) groups is 1. The summed E-state index contributed by atoms with van der Waals surface area (Å²) in [5, 5.41) is 0. The van der Waals surface area contributed by atoms with E-state index in [1.807, 2.05) is 68.1 Å². The number of halogens is 1. The first kappa shape index (κ1) is 14.8. The molecule has 0 aliphatic heterocycles. The molecule has 3 heteroatoms. The smallest absolute Gasteiger partial charge is 0.258 e. The summed E-state index contributed by atoms with van der Waals surface area (Å²) in [5.74, 6) is 0.0301. The van der Waals surface area contributed by atoms with Crippen LogP contribution in [0.25, 0.3) is 0 Å². The van der Waals surface area contributed by atoms with Gasteiger partial charge in [-0.05, 0) is 50.1 Å². The minimum atomic E-state index is 0.0301. The summed E-state index contributed by atoms with van der Waals surface area (Å²) in [6.45, 7) is 6.68.